The second-order valence-electron chi connectivity index (χ2n) is 6.40. The minimum absolute atomic E-state index is 0.104. The van der Waals surface area contributed by atoms with Crippen molar-refractivity contribution in [3.05, 3.63) is 78.0 Å². The van der Waals surface area contributed by atoms with Gasteiger partial charge in [0.2, 0.25) is 5.91 Å². The molecule has 0 spiro atoms. The van der Waals surface area contributed by atoms with E-state index in [-0.39, 0.29) is 5.91 Å². The molecule has 0 saturated carbocycles. The summed E-state index contributed by atoms with van der Waals surface area (Å²) in [6.07, 6.45) is 1.67. The number of anilines is 2. The van der Waals surface area contributed by atoms with Crippen LogP contribution in [-0.4, -0.2) is 25.0 Å². The molecule has 0 atom stereocenters. The molecular formula is C21H19N3O2. The highest BCUT2D eigenvalue weighted by Crippen LogP contribution is 2.44. The van der Waals surface area contributed by atoms with Crippen LogP contribution in [0.5, 0.6) is 11.5 Å². The average molecular weight is 345 g/mol. The van der Waals surface area contributed by atoms with E-state index >= 15 is 0 Å². The lowest BCUT2D eigenvalue weighted by atomic mass is 9.87. The van der Waals surface area contributed by atoms with Gasteiger partial charge >= 0.3 is 0 Å². The van der Waals surface area contributed by atoms with Gasteiger partial charge in [-0.05, 0) is 24.3 Å². The van der Waals surface area contributed by atoms with Gasteiger partial charge in [0, 0.05) is 25.2 Å². The maximum Gasteiger partial charge on any atom is 0.236 e. The van der Waals surface area contributed by atoms with Crippen LogP contribution in [0.1, 0.15) is 17.0 Å². The number of hydrogen-bond acceptors (Lipinski definition) is 4. The van der Waals surface area contributed by atoms with Gasteiger partial charge in [-0.1, -0.05) is 36.4 Å². The molecular weight excluding hydrogens is 326 g/mol. The Morgan fingerprint density at radius 2 is 1.58 bits per heavy atom. The van der Waals surface area contributed by atoms with Crippen molar-refractivity contribution in [1.29, 1.82) is 0 Å². The van der Waals surface area contributed by atoms with E-state index in [2.05, 4.69) is 10.3 Å². The first-order chi connectivity index (χ1) is 12.6. The van der Waals surface area contributed by atoms with Crippen LogP contribution in [-0.2, 0) is 4.79 Å². The van der Waals surface area contributed by atoms with Gasteiger partial charge in [-0.3, -0.25) is 4.79 Å². The third-order valence-corrected chi connectivity index (χ3v) is 4.42. The number of amides is 1. The van der Waals surface area contributed by atoms with Gasteiger partial charge in [-0.15, -0.1) is 0 Å². The fraction of sp³-hybridized carbons (Fsp3) is 0.143. The number of fused-ring (bicyclic) bond motifs is 2. The van der Waals surface area contributed by atoms with Gasteiger partial charge in [-0.25, -0.2) is 4.98 Å². The molecule has 3 aromatic rings. The van der Waals surface area contributed by atoms with Crippen LogP contribution < -0.4 is 15.0 Å². The predicted molar refractivity (Wildman–Crippen MR) is 102 cm³/mol. The molecule has 4 rings (SSSR count). The summed E-state index contributed by atoms with van der Waals surface area (Å²) in [5, 5.41) is 2.98. The molecule has 1 aliphatic rings. The molecule has 0 unspecified atom stereocenters. The second-order valence-corrected chi connectivity index (χ2v) is 6.40. The van der Waals surface area contributed by atoms with Crippen molar-refractivity contribution in [1.82, 2.24) is 4.98 Å². The third-order valence-electron chi connectivity index (χ3n) is 4.42. The monoisotopic (exact) mass is 345 g/mol. The van der Waals surface area contributed by atoms with Crippen molar-refractivity contribution < 1.29 is 9.53 Å². The number of nitrogens with zero attached hydrogens (tertiary/aromatic N) is 2. The van der Waals surface area contributed by atoms with Crippen molar-refractivity contribution in [2.75, 3.05) is 24.3 Å². The number of carbonyl (C=O) groups is 1. The Bertz CT molecular complexity index is 906. The number of nitrogens with one attached hydrogen (secondary N) is 1. The Hall–Kier alpha value is -3.34. The van der Waals surface area contributed by atoms with E-state index in [4.69, 9.17) is 4.74 Å². The van der Waals surface area contributed by atoms with Gasteiger partial charge in [-0.2, -0.15) is 0 Å². The van der Waals surface area contributed by atoms with Gasteiger partial charge in [0.05, 0.1) is 17.8 Å². The number of ether oxygens (including phenoxy) is 1. The summed E-state index contributed by atoms with van der Waals surface area (Å²) in [7, 11) is 3.85. The molecule has 1 amide bonds. The van der Waals surface area contributed by atoms with E-state index in [0.717, 1.165) is 16.9 Å². The summed E-state index contributed by atoms with van der Waals surface area (Å²) in [5.41, 5.74) is 2.39. The molecule has 2 heterocycles. The van der Waals surface area contributed by atoms with Crippen LogP contribution in [0.3, 0.4) is 0 Å². The zero-order valence-electron chi connectivity index (χ0n) is 14.6. The zero-order valence-corrected chi connectivity index (χ0v) is 14.6. The van der Waals surface area contributed by atoms with Crippen LogP contribution in [0, 0.1) is 0 Å². The van der Waals surface area contributed by atoms with Crippen LogP contribution in [0.15, 0.2) is 66.9 Å². The van der Waals surface area contributed by atoms with E-state index in [1.54, 1.807) is 6.20 Å². The minimum Gasteiger partial charge on any atom is -0.457 e. The quantitative estimate of drug-likeness (QED) is 0.779. The number of aromatic nitrogens is 1. The SMILES string of the molecule is CN(C)c1ccc(NC(=O)C2c3ccccc3Oc3ccccc32)cn1. The Morgan fingerprint density at radius 1 is 0.962 bits per heavy atom. The molecule has 0 fully saturated rings. The minimum atomic E-state index is -0.426. The van der Waals surface area contributed by atoms with Crippen LogP contribution in [0.25, 0.3) is 0 Å². The van der Waals surface area contributed by atoms with Gasteiger partial charge < -0.3 is 15.0 Å². The second kappa shape index (κ2) is 6.52. The predicted octanol–water partition coefficient (Wildman–Crippen LogP) is 4.02. The highest BCUT2D eigenvalue weighted by molar-refractivity contribution is 5.99. The van der Waals surface area contributed by atoms with Gasteiger partial charge in [0.1, 0.15) is 17.3 Å². The smallest absolute Gasteiger partial charge is 0.236 e. The number of hydrogen-bond donors (Lipinski definition) is 1. The molecule has 0 bridgehead atoms. The zero-order chi connectivity index (χ0) is 18.1. The molecule has 1 N–H and O–H groups in total. The summed E-state index contributed by atoms with van der Waals surface area (Å²) < 4.78 is 5.95. The topological polar surface area (TPSA) is 54.5 Å². The van der Waals surface area contributed by atoms with E-state index < -0.39 is 5.92 Å². The Kier molecular flexibility index (Phi) is 4.05. The molecule has 5 nitrogen and oxygen atoms in total. The van der Waals surface area contributed by atoms with Crippen molar-refractivity contribution in [3.8, 4) is 11.5 Å². The molecule has 0 aliphatic carbocycles. The van der Waals surface area contributed by atoms with Crippen molar-refractivity contribution in [2.24, 2.45) is 0 Å². The van der Waals surface area contributed by atoms with Crippen LogP contribution in [0.2, 0.25) is 0 Å². The summed E-state index contributed by atoms with van der Waals surface area (Å²) in [4.78, 5) is 19.4. The highest BCUT2D eigenvalue weighted by Gasteiger charge is 2.32. The summed E-state index contributed by atoms with van der Waals surface area (Å²) in [6, 6.07) is 19.0. The van der Waals surface area contributed by atoms with E-state index in [9.17, 15) is 4.79 Å². The Morgan fingerprint density at radius 3 is 2.12 bits per heavy atom. The van der Waals surface area contributed by atoms with E-state index in [1.807, 2.05) is 79.7 Å². The van der Waals surface area contributed by atoms with E-state index in [0.29, 0.717) is 17.2 Å². The molecule has 1 aromatic heterocycles. The first-order valence-electron chi connectivity index (χ1n) is 8.43. The van der Waals surface area contributed by atoms with Gasteiger partial charge in [0.25, 0.3) is 0 Å². The summed E-state index contributed by atoms with van der Waals surface area (Å²) in [6.45, 7) is 0. The molecule has 1 aliphatic heterocycles. The number of carbonyl (C=O) groups excluding carboxylic acids is 1. The van der Waals surface area contributed by atoms with Crippen molar-refractivity contribution in [2.45, 2.75) is 5.92 Å². The van der Waals surface area contributed by atoms with E-state index in [1.165, 1.54) is 0 Å². The molecule has 130 valence electrons. The molecule has 0 radical (unpaired) electrons. The van der Waals surface area contributed by atoms with Crippen LogP contribution in [0.4, 0.5) is 11.5 Å². The summed E-state index contributed by atoms with van der Waals surface area (Å²) in [5.74, 6) is 1.74. The third kappa shape index (κ3) is 2.88. The maximum absolute atomic E-state index is 13.1. The molecule has 5 heteroatoms. The molecule has 0 saturated heterocycles. The number of pyridine rings is 1. The van der Waals surface area contributed by atoms with Crippen LogP contribution >= 0.6 is 0 Å². The highest BCUT2D eigenvalue weighted by atomic mass is 16.5. The first-order valence-corrected chi connectivity index (χ1v) is 8.43. The fourth-order valence-electron chi connectivity index (χ4n) is 3.13. The molecule has 2 aromatic carbocycles. The number of rotatable bonds is 3. The Labute approximate surface area is 152 Å². The maximum atomic E-state index is 13.1. The fourth-order valence-corrected chi connectivity index (χ4v) is 3.13. The van der Waals surface area contributed by atoms with Crippen molar-refractivity contribution >= 4 is 17.4 Å². The number of para-hydroxylation sites is 2. The number of benzene rings is 2. The average Bonchev–Trinajstić information content (AvgIpc) is 2.66. The van der Waals surface area contributed by atoms with Crippen molar-refractivity contribution in [3.63, 3.8) is 0 Å². The first kappa shape index (κ1) is 16.1. The lowest BCUT2D eigenvalue weighted by Gasteiger charge is -2.27. The largest absolute Gasteiger partial charge is 0.457 e. The lowest BCUT2D eigenvalue weighted by molar-refractivity contribution is -0.116. The van der Waals surface area contributed by atoms with Gasteiger partial charge in [0.15, 0.2) is 0 Å². The normalized spacial score (nSPS) is 12.5. The Balaban J connectivity index is 1.67. The molecule has 26 heavy (non-hydrogen) atoms. The lowest BCUT2D eigenvalue weighted by Crippen LogP contribution is -2.25. The summed E-state index contributed by atoms with van der Waals surface area (Å²) >= 11 is 0. The standard InChI is InChI=1S/C21H19N3O2/c1-24(2)19-12-11-14(13-22-19)23-21(25)20-15-7-3-5-9-17(15)26-18-10-6-4-8-16(18)20/h3-13,20H,1-2H3,(H,23,25).